The van der Waals surface area contributed by atoms with E-state index in [-0.39, 0.29) is 0 Å². The van der Waals surface area contributed by atoms with E-state index in [1.54, 1.807) is 0 Å². The molecule has 0 radical (unpaired) electrons. The molecule has 1 aliphatic heterocycles. The van der Waals surface area contributed by atoms with Gasteiger partial charge in [-0.3, -0.25) is 4.90 Å². The summed E-state index contributed by atoms with van der Waals surface area (Å²) in [5.74, 6) is 2.02. The first-order valence-corrected chi connectivity index (χ1v) is 5.58. The molecule has 0 aromatic heterocycles. The van der Waals surface area contributed by atoms with E-state index in [2.05, 4.69) is 30.5 Å². The van der Waals surface area contributed by atoms with Crippen LogP contribution in [0.1, 0.15) is 13.8 Å². The maximum Gasteiger partial charge on any atom is 0.0351 e. The van der Waals surface area contributed by atoms with Gasteiger partial charge in [0.05, 0.1) is 0 Å². The summed E-state index contributed by atoms with van der Waals surface area (Å²) in [6, 6.07) is 0. The number of thioether (sulfide) groups is 1. The molecule has 1 rings (SSSR count). The van der Waals surface area contributed by atoms with Crippen LogP contribution < -0.4 is 0 Å². The molecular weight excluding hydrogens is 178 g/mol. The fourth-order valence-corrected chi connectivity index (χ4v) is 2.84. The van der Waals surface area contributed by atoms with Crippen LogP contribution in [-0.4, -0.2) is 40.9 Å². The van der Waals surface area contributed by atoms with E-state index < -0.39 is 0 Å². The van der Waals surface area contributed by atoms with Crippen molar-refractivity contribution in [1.29, 1.82) is 0 Å². The van der Waals surface area contributed by atoms with Gasteiger partial charge in [-0.1, -0.05) is 0 Å². The lowest BCUT2D eigenvalue weighted by Crippen LogP contribution is -2.43. The van der Waals surface area contributed by atoms with Gasteiger partial charge in [-0.15, -0.1) is 11.6 Å². The third kappa shape index (κ3) is 3.22. The minimum absolute atomic E-state index is 0.435. The number of hydrogen-bond acceptors (Lipinski definition) is 2. The molecule has 1 aliphatic rings. The van der Waals surface area contributed by atoms with Gasteiger partial charge in [0, 0.05) is 36.0 Å². The van der Waals surface area contributed by atoms with E-state index in [4.69, 9.17) is 11.6 Å². The van der Waals surface area contributed by atoms with Crippen molar-refractivity contribution >= 4 is 23.4 Å². The Kier molecular flexibility index (Phi) is 3.53. The maximum absolute atomic E-state index is 5.68. The standard InChI is InChI=1S/C8H16ClNS/c1-8(2)7-10(4-3-9)5-6-11-8/h3-7H2,1-2H3. The summed E-state index contributed by atoms with van der Waals surface area (Å²) in [4.78, 5) is 2.45. The summed E-state index contributed by atoms with van der Waals surface area (Å²) < 4.78 is 0.435. The first-order chi connectivity index (χ1) is 5.14. The normalized spacial score (nSPS) is 25.4. The second kappa shape index (κ2) is 4.01. The van der Waals surface area contributed by atoms with Gasteiger partial charge >= 0.3 is 0 Å². The van der Waals surface area contributed by atoms with E-state index >= 15 is 0 Å². The lowest BCUT2D eigenvalue weighted by molar-refractivity contribution is 0.275. The average Bonchev–Trinajstić information content (AvgIpc) is 1.85. The maximum atomic E-state index is 5.68. The molecule has 0 aliphatic carbocycles. The molecule has 1 heterocycles. The molecule has 1 fully saturated rings. The van der Waals surface area contributed by atoms with Gasteiger partial charge in [-0.25, -0.2) is 0 Å². The number of nitrogens with zero attached hydrogens (tertiary/aromatic N) is 1. The minimum atomic E-state index is 0.435. The van der Waals surface area contributed by atoms with E-state index in [0.717, 1.165) is 12.4 Å². The molecule has 0 amide bonds. The molecule has 11 heavy (non-hydrogen) atoms. The SMILES string of the molecule is CC1(C)CN(CCCl)CCS1. The van der Waals surface area contributed by atoms with Gasteiger partial charge in [0.2, 0.25) is 0 Å². The van der Waals surface area contributed by atoms with Crippen molar-refractivity contribution in [2.24, 2.45) is 0 Å². The Morgan fingerprint density at radius 3 is 2.82 bits per heavy atom. The molecule has 66 valence electrons. The minimum Gasteiger partial charge on any atom is -0.300 e. The molecule has 0 spiro atoms. The van der Waals surface area contributed by atoms with Gasteiger partial charge in [0.1, 0.15) is 0 Å². The highest BCUT2D eigenvalue weighted by Crippen LogP contribution is 2.29. The van der Waals surface area contributed by atoms with Crippen molar-refractivity contribution in [2.45, 2.75) is 18.6 Å². The van der Waals surface area contributed by atoms with Crippen LogP contribution in [0.3, 0.4) is 0 Å². The number of alkyl halides is 1. The third-order valence-corrected chi connectivity index (χ3v) is 3.37. The predicted molar refractivity (Wildman–Crippen MR) is 53.7 cm³/mol. The monoisotopic (exact) mass is 193 g/mol. The van der Waals surface area contributed by atoms with Crippen molar-refractivity contribution in [2.75, 3.05) is 31.3 Å². The lowest BCUT2D eigenvalue weighted by atomic mass is 10.2. The second-order valence-corrected chi connectivity index (χ2v) is 5.75. The summed E-state index contributed by atoms with van der Waals surface area (Å²) in [5, 5.41) is 0. The Hall–Kier alpha value is 0.600. The van der Waals surface area contributed by atoms with Crippen LogP contribution in [0.15, 0.2) is 0 Å². The summed E-state index contributed by atoms with van der Waals surface area (Å²) >= 11 is 7.74. The highest BCUT2D eigenvalue weighted by molar-refractivity contribution is 8.00. The Labute approximate surface area is 78.5 Å². The van der Waals surface area contributed by atoms with Crippen LogP contribution in [0.2, 0.25) is 0 Å². The van der Waals surface area contributed by atoms with Gasteiger partial charge in [0.15, 0.2) is 0 Å². The highest BCUT2D eigenvalue weighted by atomic mass is 35.5. The Morgan fingerprint density at radius 2 is 2.27 bits per heavy atom. The third-order valence-electron chi connectivity index (χ3n) is 1.91. The van der Waals surface area contributed by atoms with Crippen molar-refractivity contribution < 1.29 is 0 Å². The van der Waals surface area contributed by atoms with Crippen molar-refractivity contribution in [3.63, 3.8) is 0 Å². The molecule has 0 saturated carbocycles. The number of hydrogen-bond donors (Lipinski definition) is 0. The van der Waals surface area contributed by atoms with Crippen LogP contribution in [0, 0.1) is 0 Å². The molecule has 0 N–H and O–H groups in total. The van der Waals surface area contributed by atoms with Crippen LogP contribution in [0.5, 0.6) is 0 Å². The number of rotatable bonds is 2. The Bertz CT molecular complexity index is 125. The summed E-state index contributed by atoms with van der Waals surface area (Å²) in [6.07, 6.45) is 0. The zero-order valence-electron chi connectivity index (χ0n) is 7.27. The average molecular weight is 194 g/mol. The van der Waals surface area contributed by atoms with E-state index in [1.165, 1.54) is 18.8 Å². The molecule has 0 aromatic carbocycles. The predicted octanol–water partition coefficient (Wildman–Crippen LogP) is 2.05. The van der Waals surface area contributed by atoms with E-state index in [1.807, 2.05) is 0 Å². The fourth-order valence-electron chi connectivity index (χ4n) is 1.42. The topological polar surface area (TPSA) is 3.24 Å². The van der Waals surface area contributed by atoms with Crippen LogP contribution in [0.25, 0.3) is 0 Å². The fraction of sp³-hybridized carbons (Fsp3) is 1.00. The second-order valence-electron chi connectivity index (χ2n) is 3.57. The van der Waals surface area contributed by atoms with Gasteiger partial charge < -0.3 is 0 Å². The van der Waals surface area contributed by atoms with Crippen molar-refractivity contribution in [3.8, 4) is 0 Å². The van der Waals surface area contributed by atoms with E-state index in [0.29, 0.717) is 4.75 Å². The summed E-state index contributed by atoms with van der Waals surface area (Å²) in [5.41, 5.74) is 0. The number of halogens is 1. The highest BCUT2D eigenvalue weighted by Gasteiger charge is 2.26. The molecule has 0 aromatic rings. The van der Waals surface area contributed by atoms with Crippen molar-refractivity contribution in [1.82, 2.24) is 4.90 Å². The van der Waals surface area contributed by atoms with Gasteiger partial charge in [0.25, 0.3) is 0 Å². The molecule has 0 bridgehead atoms. The summed E-state index contributed by atoms with van der Waals surface area (Å²) in [6.45, 7) is 8.05. The summed E-state index contributed by atoms with van der Waals surface area (Å²) in [7, 11) is 0. The zero-order chi connectivity index (χ0) is 8.32. The van der Waals surface area contributed by atoms with Crippen LogP contribution >= 0.6 is 23.4 Å². The van der Waals surface area contributed by atoms with E-state index in [9.17, 15) is 0 Å². The molecule has 1 saturated heterocycles. The largest absolute Gasteiger partial charge is 0.300 e. The van der Waals surface area contributed by atoms with Crippen molar-refractivity contribution in [3.05, 3.63) is 0 Å². The first-order valence-electron chi connectivity index (χ1n) is 4.06. The van der Waals surface area contributed by atoms with Gasteiger partial charge in [-0.05, 0) is 13.8 Å². The Balaban J connectivity index is 2.34. The smallest absolute Gasteiger partial charge is 0.0351 e. The Morgan fingerprint density at radius 1 is 1.55 bits per heavy atom. The quantitative estimate of drug-likeness (QED) is 0.618. The molecule has 3 heteroatoms. The lowest BCUT2D eigenvalue weighted by Gasteiger charge is -2.37. The van der Waals surface area contributed by atoms with Crippen LogP contribution in [0.4, 0.5) is 0 Å². The van der Waals surface area contributed by atoms with Gasteiger partial charge in [-0.2, -0.15) is 11.8 Å². The van der Waals surface area contributed by atoms with Crippen LogP contribution in [-0.2, 0) is 0 Å². The molecule has 0 atom stereocenters. The molecule has 1 nitrogen and oxygen atoms in total. The zero-order valence-corrected chi connectivity index (χ0v) is 8.84. The molecule has 0 unspecified atom stereocenters. The molecular formula is C8H16ClNS. The first kappa shape index (κ1) is 9.69.